The summed E-state index contributed by atoms with van der Waals surface area (Å²) in [5.41, 5.74) is 3.90. The molecule has 146 valence electrons. The van der Waals surface area contributed by atoms with E-state index in [-0.39, 0.29) is 0 Å². The summed E-state index contributed by atoms with van der Waals surface area (Å²) in [6.07, 6.45) is 7.96. The van der Waals surface area contributed by atoms with E-state index < -0.39 is 0 Å². The lowest BCUT2D eigenvalue weighted by Gasteiger charge is -2.26. The number of allylic oxidation sites excluding steroid dienone is 1. The molecule has 0 radical (unpaired) electrons. The second kappa shape index (κ2) is 10.2. The van der Waals surface area contributed by atoms with Gasteiger partial charge in [0.25, 0.3) is 0 Å². The Morgan fingerprint density at radius 3 is 2.25 bits per heavy atom. The van der Waals surface area contributed by atoms with Gasteiger partial charge in [0.05, 0.1) is 6.61 Å². The van der Waals surface area contributed by atoms with Gasteiger partial charge in [-0.1, -0.05) is 49.1 Å². The molecule has 1 fully saturated rings. The lowest BCUT2D eigenvalue weighted by Crippen LogP contribution is -2.12. The third-order valence-electron chi connectivity index (χ3n) is 5.87. The zero-order valence-corrected chi connectivity index (χ0v) is 17.3. The summed E-state index contributed by atoms with van der Waals surface area (Å²) in [5.74, 6) is 9.52. The van der Waals surface area contributed by atoms with E-state index >= 15 is 0 Å². The van der Waals surface area contributed by atoms with Gasteiger partial charge in [0.15, 0.2) is 0 Å². The van der Waals surface area contributed by atoms with Crippen LogP contribution in [0.25, 0.3) is 0 Å². The predicted molar refractivity (Wildman–Crippen MR) is 119 cm³/mol. The van der Waals surface area contributed by atoms with E-state index in [1.54, 1.807) is 0 Å². The van der Waals surface area contributed by atoms with Crippen LogP contribution in [0.15, 0.2) is 61.2 Å². The highest BCUT2D eigenvalue weighted by Crippen LogP contribution is 2.36. The topological polar surface area (TPSA) is 9.23 Å². The highest BCUT2D eigenvalue weighted by atomic mass is 16.5. The summed E-state index contributed by atoms with van der Waals surface area (Å²) in [5, 5.41) is 0. The van der Waals surface area contributed by atoms with Gasteiger partial charge in [-0.3, -0.25) is 0 Å². The molecule has 1 nitrogen and oxygen atoms in total. The van der Waals surface area contributed by atoms with Crippen LogP contribution in [0.5, 0.6) is 5.75 Å². The molecule has 1 atom stereocenters. The molecule has 0 aliphatic heterocycles. The summed E-state index contributed by atoms with van der Waals surface area (Å²) in [4.78, 5) is 0. The molecule has 0 aromatic heterocycles. The van der Waals surface area contributed by atoms with Crippen molar-refractivity contribution in [3.8, 4) is 17.6 Å². The Balaban J connectivity index is 1.54. The van der Waals surface area contributed by atoms with Gasteiger partial charge in [-0.15, -0.1) is 6.58 Å². The van der Waals surface area contributed by atoms with Crippen molar-refractivity contribution in [3.63, 3.8) is 0 Å². The fourth-order valence-electron chi connectivity index (χ4n) is 4.11. The summed E-state index contributed by atoms with van der Waals surface area (Å²) in [7, 11) is 0. The molecule has 0 saturated heterocycles. The largest absolute Gasteiger partial charge is 0.494 e. The van der Waals surface area contributed by atoms with Crippen LogP contribution in [0.1, 0.15) is 74.5 Å². The van der Waals surface area contributed by atoms with Crippen molar-refractivity contribution in [2.24, 2.45) is 5.92 Å². The zero-order chi connectivity index (χ0) is 19.8. The van der Waals surface area contributed by atoms with Gasteiger partial charge in [-0.05, 0) is 80.3 Å². The minimum Gasteiger partial charge on any atom is -0.494 e. The Morgan fingerprint density at radius 2 is 1.68 bits per heavy atom. The first-order chi connectivity index (χ1) is 13.7. The maximum Gasteiger partial charge on any atom is 0.119 e. The van der Waals surface area contributed by atoms with E-state index in [1.165, 1.54) is 36.8 Å². The average molecular weight is 373 g/mol. The van der Waals surface area contributed by atoms with Crippen LogP contribution in [-0.2, 0) is 0 Å². The Kier molecular flexibility index (Phi) is 7.38. The van der Waals surface area contributed by atoms with E-state index in [9.17, 15) is 0 Å². The summed E-state index contributed by atoms with van der Waals surface area (Å²) in [6, 6.07) is 17.4. The molecule has 1 aliphatic carbocycles. The molecule has 0 bridgehead atoms. The van der Waals surface area contributed by atoms with Crippen molar-refractivity contribution in [3.05, 3.63) is 77.9 Å². The fourth-order valence-corrected chi connectivity index (χ4v) is 4.11. The number of benzene rings is 2. The molecule has 0 spiro atoms. The van der Waals surface area contributed by atoms with Crippen LogP contribution in [0.2, 0.25) is 0 Å². The van der Waals surface area contributed by atoms with E-state index in [4.69, 9.17) is 4.74 Å². The lowest BCUT2D eigenvalue weighted by molar-refractivity contribution is 0.339. The van der Waals surface area contributed by atoms with Crippen LogP contribution >= 0.6 is 0 Å². The average Bonchev–Trinajstić information content (AvgIpc) is 2.75. The van der Waals surface area contributed by atoms with E-state index in [1.807, 2.05) is 13.0 Å². The van der Waals surface area contributed by atoms with Gasteiger partial charge in [-0.25, -0.2) is 0 Å². The molecule has 0 heterocycles. The van der Waals surface area contributed by atoms with Crippen molar-refractivity contribution in [2.45, 2.75) is 57.8 Å². The monoisotopic (exact) mass is 372 g/mol. The van der Waals surface area contributed by atoms with Crippen LogP contribution in [0.3, 0.4) is 0 Å². The van der Waals surface area contributed by atoms with Crippen molar-refractivity contribution < 1.29 is 4.74 Å². The molecule has 28 heavy (non-hydrogen) atoms. The third-order valence-corrected chi connectivity index (χ3v) is 5.87. The van der Waals surface area contributed by atoms with Crippen molar-refractivity contribution in [2.75, 3.05) is 6.61 Å². The van der Waals surface area contributed by atoms with Gasteiger partial charge in [0, 0.05) is 17.4 Å². The minimum atomic E-state index is 0.444. The zero-order valence-electron chi connectivity index (χ0n) is 17.3. The molecule has 0 N–H and O–H groups in total. The smallest absolute Gasteiger partial charge is 0.119 e. The molecule has 1 unspecified atom stereocenters. The Morgan fingerprint density at radius 1 is 1.00 bits per heavy atom. The van der Waals surface area contributed by atoms with Crippen LogP contribution < -0.4 is 4.74 Å². The van der Waals surface area contributed by atoms with E-state index in [2.05, 4.69) is 73.9 Å². The fraction of sp³-hybridized carbons (Fsp3) is 0.407. The molecule has 3 rings (SSSR count). The van der Waals surface area contributed by atoms with Gasteiger partial charge < -0.3 is 4.74 Å². The van der Waals surface area contributed by atoms with E-state index in [0.29, 0.717) is 17.8 Å². The second-order valence-corrected chi connectivity index (χ2v) is 7.69. The molecule has 1 aliphatic rings. The summed E-state index contributed by atoms with van der Waals surface area (Å²) < 4.78 is 5.55. The number of rotatable bonds is 6. The third kappa shape index (κ3) is 5.29. The van der Waals surface area contributed by atoms with Crippen LogP contribution in [0.4, 0.5) is 0 Å². The Hall–Kier alpha value is -2.46. The second-order valence-electron chi connectivity index (χ2n) is 7.69. The molecular formula is C27H32O. The highest BCUT2D eigenvalue weighted by Gasteiger charge is 2.21. The number of ether oxygens (including phenoxy) is 1. The molecule has 2 aromatic carbocycles. The van der Waals surface area contributed by atoms with Crippen molar-refractivity contribution in [1.82, 2.24) is 0 Å². The summed E-state index contributed by atoms with van der Waals surface area (Å²) >= 11 is 0. The first-order valence-electron chi connectivity index (χ1n) is 10.7. The maximum atomic E-state index is 5.55. The minimum absolute atomic E-state index is 0.444. The number of hydrogen-bond acceptors (Lipinski definition) is 1. The normalized spacial score (nSPS) is 19.9. The maximum absolute atomic E-state index is 5.55. The van der Waals surface area contributed by atoms with Crippen LogP contribution in [-0.4, -0.2) is 6.61 Å². The van der Waals surface area contributed by atoms with Gasteiger partial charge in [-0.2, -0.15) is 0 Å². The quantitative estimate of drug-likeness (QED) is 0.388. The van der Waals surface area contributed by atoms with Gasteiger partial charge in [0.1, 0.15) is 5.75 Å². The Bertz CT molecular complexity index is 796. The highest BCUT2D eigenvalue weighted by molar-refractivity contribution is 5.38. The van der Waals surface area contributed by atoms with E-state index in [0.717, 1.165) is 24.3 Å². The summed E-state index contributed by atoms with van der Waals surface area (Å²) in [6.45, 7) is 8.88. The number of hydrogen-bond donors (Lipinski definition) is 0. The SMILES string of the molecule is C=CC(CC)c1ccc(C#C[C@H]2CC[C@H](c3ccc(OCC)cc3)CC2)cc1. The molecule has 1 saturated carbocycles. The molecule has 1 heteroatoms. The van der Waals surface area contributed by atoms with Gasteiger partial charge >= 0.3 is 0 Å². The first-order valence-corrected chi connectivity index (χ1v) is 10.7. The predicted octanol–water partition coefficient (Wildman–Crippen LogP) is 7.09. The standard InChI is InChI=1S/C27H32O/c1-4-23(5-2)24-13-9-21(10-14-24)7-8-22-11-15-25(16-12-22)26-17-19-27(20-18-26)28-6-3/h4,9-10,13-14,17-20,22-23,25H,1,5-6,11-12,15-16H2,2-3H3/t22-,23?,25-. The first kappa shape index (κ1) is 20.3. The lowest BCUT2D eigenvalue weighted by atomic mass is 9.79. The van der Waals surface area contributed by atoms with Crippen molar-refractivity contribution >= 4 is 0 Å². The van der Waals surface area contributed by atoms with Crippen molar-refractivity contribution in [1.29, 1.82) is 0 Å². The van der Waals surface area contributed by atoms with Gasteiger partial charge in [0.2, 0.25) is 0 Å². The Labute approximate surface area is 170 Å². The molecule has 0 amide bonds. The molecular weight excluding hydrogens is 340 g/mol. The molecule has 2 aromatic rings. The van der Waals surface area contributed by atoms with Crippen LogP contribution in [0, 0.1) is 17.8 Å².